The summed E-state index contributed by atoms with van der Waals surface area (Å²) >= 11 is 0. The first kappa shape index (κ1) is 23.4. The molecule has 27 heavy (non-hydrogen) atoms. The lowest BCUT2D eigenvalue weighted by Gasteiger charge is -2.12. The van der Waals surface area contributed by atoms with Crippen molar-refractivity contribution in [2.45, 2.75) is 19.5 Å². The predicted octanol–water partition coefficient (Wildman–Crippen LogP) is 2.27. The molecular weight excluding hydrogens is 457 g/mol. The zero-order chi connectivity index (χ0) is 18.5. The van der Waals surface area contributed by atoms with E-state index in [9.17, 15) is 0 Å². The van der Waals surface area contributed by atoms with Gasteiger partial charge in [0, 0.05) is 52.8 Å². The molecule has 1 aromatic carbocycles. The van der Waals surface area contributed by atoms with Gasteiger partial charge in [-0.25, -0.2) is 4.98 Å². The molecule has 0 radical (unpaired) electrons. The Morgan fingerprint density at radius 2 is 1.89 bits per heavy atom. The van der Waals surface area contributed by atoms with Gasteiger partial charge in [0.15, 0.2) is 5.96 Å². The van der Waals surface area contributed by atoms with Crippen LogP contribution in [0.1, 0.15) is 17.5 Å². The standard InChI is InChI=1S/C19H29N5O2.HI/c1-20-19(22-8-3-11-26-13-12-25-2)23-14-17-4-6-18(7-5-17)15-24-10-9-21-16-24;/h4-7,9-10,16H,3,8,11-15H2,1-2H3,(H2,20,22,23);1H. The number of rotatable bonds is 11. The number of benzene rings is 1. The van der Waals surface area contributed by atoms with Crippen molar-refractivity contribution >= 4 is 29.9 Å². The summed E-state index contributed by atoms with van der Waals surface area (Å²) in [5.41, 5.74) is 2.47. The van der Waals surface area contributed by atoms with E-state index in [0.717, 1.165) is 32.0 Å². The molecule has 8 heteroatoms. The molecule has 0 spiro atoms. The Kier molecular flexibility index (Phi) is 12.5. The number of imidazole rings is 1. The van der Waals surface area contributed by atoms with Crippen molar-refractivity contribution in [1.82, 2.24) is 20.2 Å². The number of nitrogens with one attached hydrogen (secondary N) is 2. The van der Waals surface area contributed by atoms with Crippen LogP contribution in [-0.4, -0.2) is 56.0 Å². The Hall–Kier alpha value is -1.65. The molecule has 0 aliphatic heterocycles. The van der Waals surface area contributed by atoms with E-state index < -0.39 is 0 Å². The van der Waals surface area contributed by atoms with E-state index in [1.54, 1.807) is 20.4 Å². The van der Waals surface area contributed by atoms with Gasteiger partial charge < -0.3 is 24.7 Å². The fourth-order valence-electron chi connectivity index (χ4n) is 2.39. The predicted molar refractivity (Wildman–Crippen MR) is 119 cm³/mol. The highest BCUT2D eigenvalue weighted by Crippen LogP contribution is 2.06. The lowest BCUT2D eigenvalue weighted by molar-refractivity contribution is 0.0698. The minimum atomic E-state index is 0. The van der Waals surface area contributed by atoms with Gasteiger partial charge in [-0.1, -0.05) is 24.3 Å². The maximum atomic E-state index is 5.44. The van der Waals surface area contributed by atoms with Crippen molar-refractivity contribution in [3.05, 3.63) is 54.1 Å². The highest BCUT2D eigenvalue weighted by Gasteiger charge is 2.00. The van der Waals surface area contributed by atoms with Crippen molar-refractivity contribution < 1.29 is 9.47 Å². The van der Waals surface area contributed by atoms with E-state index in [2.05, 4.69) is 49.4 Å². The van der Waals surface area contributed by atoms with E-state index in [-0.39, 0.29) is 24.0 Å². The van der Waals surface area contributed by atoms with Crippen molar-refractivity contribution in [1.29, 1.82) is 0 Å². The fourth-order valence-corrected chi connectivity index (χ4v) is 2.39. The number of guanidine groups is 1. The Morgan fingerprint density at radius 1 is 1.11 bits per heavy atom. The minimum absolute atomic E-state index is 0. The van der Waals surface area contributed by atoms with Crippen molar-refractivity contribution in [3.63, 3.8) is 0 Å². The second-order valence-corrected chi connectivity index (χ2v) is 5.86. The summed E-state index contributed by atoms with van der Waals surface area (Å²) in [7, 11) is 3.45. The number of hydrogen-bond acceptors (Lipinski definition) is 4. The van der Waals surface area contributed by atoms with Gasteiger partial charge in [0.25, 0.3) is 0 Å². The van der Waals surface area contributed by atoms with E-state index >= 15 is 0 Å². The lowest BCUT2D eigenvalue weighted by atomic mass is 10.1. The van der Waals surface area contributed by atoms with Gasteiger partial charge in [-0.2, -0.15) is 0 Å². The van der Waals surface area contributed by atoms with Crippen LogP contribution in [0.5, 0.6) is 0 Å². The van der Waals surface area contributed by atoms with E-state index in [0.29, 0.717) is 19.8 Å². The Bertz CT molecular complexity index is 632. The van der Waals surface area contributed by atoms with Gasteiger partial charge in [-0.05, 0) is 17.5 Å². The van der Waals surface area contributed by atoms with Gasteiger partial charge in [-0.3, -0.25) is 4.99 Å². The molecular formula is C19H30IN5O2. The maximum absolute atomic E-state index is 5.44. The molecule has 0 amide bonds. The van der Waals surface area contributed by atoms with Gasteiger partial charge >= 0.3 is 0 Å². The molecule has 7 nitrogen and oxygen atoms in total. The number of ether oxygens (including phenoxy) is 2. The monoisotopic (exact) mass is 487 g/mol. The average Bonchev–Trinajstić information content (AvgIpc) is 3.17. The molecule has 0 saturated carbocycles. The molecule has 0 saturated heterocycles. The van der Waals surface area contributed by atoms with Crippen LogP contribution in [0.25, 0.3) is 0 Å². The summed E-state index contributed by atoms with van der Waals surface area (Å²) in [5, 5.41) is 6.61. The second-order valence-electron chi connectivity index (χ2n) is 5.86. The van der Waals surface area contributed by atoms with Crippen LogP contribution in [0.3, 0.4) is 0 Å². The summed E-state index contributed by atoms with van der Waals surface area (Å²) in [6, 6.07) is 8.56. The number of methoxy groups -OCH3 is 1. The fraction of sp³-hybridized carbons (Fsp3) is 0.474. The Balaban J connectivity index is 0.00000364. The number of hydrogen-bond donors (Lipinski definition) is 2. The SMILES string of the molecule is CN=C(NCCCOCCOC)NCc1ccc(Cn2ccnc2)cc1.I. The van der Waals surface area contributed by atoms with Crippen LogP contribution < -0.4 is 10.6 Å². The molecule has 0 aliphatic carbocycles. The zero-order valence-corrected chi connectivity index (χ0v) is 18.4. The van der Waals surface area contributed by atoms with E-state index in [1.807, 2.05) is 12.5 Å². The third-order valence-corrected chi connectivity index (χ3v) is 3.82. The molecule has 1 aromatic heterocycles. The number of aliphatic imine (C=N–C) groups is 1. The summed E-state index contributed by atoms with van der Waals surface area (Å²) in [6.07, 6.45) is 6.51. The van der Waals surface area contributed by atoms with Gasteiger partial charge in [0.05, 0.1) is 19.5 Å². The molecule has 0 bridgehead atoms. The van der Waals surface area contributed by atoms with Crippen LogP contribution in [0.4, 0.5) is 0 Å². The summed E-state index contributed by atoms with van der Waals surface area (Å²) in [4.78, 5) is 8.30. The quantitative estimate of drug-likeness (QED) is 0.220. The topological polar surface area (TPSA) is 72.7 Å². The normalized spacial score (nSPS) is 11.1. The highest BCUT2D eigenvalue weighted by molar-refractivity contribution is 14.0. The molecule has 150 valence electrons. The van der Waals surface area contributed by atoms with Crippen LogP contribution in [0.15, 0.2) is 48.0 Å². The Labute approximate surface area is 178 Å². The number of halogens is 1. The smallest absolute Gasteiger partial charge is 0.191 e. The van der Waals surface area contributed by atoms with Crippen molar-refractivity contribution in [2.24, 2.45) is 4.99 Å². The third kappa shape index (κ3) is 9.73. The summed E-state index contributed by atoms with van der Waals surface area (Å²) in [6.45, 7) is 4.37. The number of aromatic nitrogens is 2. The highest BCUT2D eigenvalue weighted by atomic mass is 127. The van der Waals surface area contributed by atoms with Crippen molar-refractivity contribution in [2.75, 3.05) is 40.5 Å². The first-order valence-corrected chi connectivity index (χ1v) is 8.86. The molecule has 0 aliphatic rings. The molecule has 2 rings (SSSR count). The zero-order valence-electron chi connectivity index (χ0n) is 16.1. The van der Waals surface area contributed by atoms with Gasteiger partial charge in [0.2, 0.25) is 0 Å². The average molecular weight is 487 g/mol. The Morgan fingerprint density at radius 3 is 2.56 bits per heavy atom. The lowest BCUT2D eigenvalue weighted by Crippen LogP contribution is -2.37. The summed E-state index contributed by atoms with van der Waals surface area (Å²) in [5.74, 6) is 0.796. The van der Waals surface area contributed by atoms with E-state index in [4.69, 9.17) is 9.47 Å². The first-order valence-electron chi connectivity index (χ1n) is 8.86. The molecule has 0 atom stereocenters. The van der Waals surface area contributed by atoms with Crippen LogP contribution in [0.2, 0.25) is 0 Å². The largest absolute Gasteiger partial charge is 0.382 e. The molecule has 0 fully saturated rings. The van der Waals surface area contributed by atoms with Gasteiger partial charge in [0.1, 0.15) is 0 Å². The first-order chi connectivity index (χ1) is 12.8. The maximum Gasteiger partial charge on any atom is 0.191 e. The van der Waals surface area contributed by atoms with Crippen LogP contribution >= 0.6 is 24.0 Å². The van der Waals surface area contributed by atoms with Crippen LogP contribution in [0, 0.1) is 0 Å². The van der Waals surface area contributed by atoms with Crippen LogP contribution in [-0.2, 0) is 22.6 Å². The van der Waals surface area contributed by atoms with Crippen molar-refractivity contribution in [3.8, 4) is 0 Å². The second kappa shape index (κ2) is 14.4. The third-order valence-electron chi connectivity index (χ3n) is 3.82. The van der Waals surface area contributed by atoms with Gasteiger partial charge in [-0.15, -0.1) is 24.0 Å². The van der Waals surface area contributed by atoms with E-state index in [1.165, 1.54) is 11.1 Å². The molecule has 2 N–H and O–H groups in total. The minimum Gasteiger partial charge on any atom is -0.382 e. The molecule has 1 heterocycles. The molecule has 0 unspecified atom stereocenters. The molecule has 2 aromatic rings. The number of nitrogens with zero attached hydrogens (tertiary/aromatic N) is 3. The summed E-state index contributed by atoms with van der Waals surface area (Å²) < 4.78 is 12.4.